The maximum atomic E-state index is 13.9. The predicted molar refractivity (Wildman–Crippen MR) is 72.1 cm³/mol. The van der Waals surface area contributed by atoms with Gasteiger partial charge in [0.05, 0.1) is 17.5 Å². The van der Waals surface area contributed by atoms with E-state index in [0.29, 0.717) is 11.3 Å². The van der Waals surface area contributed by atoms with Gasteiger partial charge in [-0.3, -0.25) is 0 Å². The summed E-state index contributed by atoms with van der Waals surface area (Å²) in [5.41, 5.74) is 0.531. The van der Waals surface area contributed by atoms with Gasteiger partial charge in [-0.05, 0) is 24.3 Å². The Hall–Kier alpha value is -1.32. The predicted octanol–water partition coefficient (Wildman–Crippen LogP) is 4.96. The zero-order chi connectivity index (χ0) is 14.0. The first-order chi connectivity index (χ1) is 9.04. The number of hydrogen-bond donors (Lipinski definition) is 0. The van der Waals surface area contributed by atoms with E-state index in [1.54, 1.807) is 6.07 Å². The Morgan fingerprint density at radius 3 is 2.53 bits per heavy atom. The zero-order valence-electron chi connectivity index (χ0n) is 9.96. The van der Waals surface area contributed by atoms with Gasteiger partial charge in [0.25, 0.3) is 0 Å². The van der Waals surface area contributed by atoms with Crippen molar-refractivity contribution in [3.05, 3.63) is 64.2 Å². The van der Waals surface area contributed by atoms with Crippen LogP contribution >= 0.6 is 23.2 Å². The average molecular weight is 303 g/mol. The Morgan fingerprint density at radius 1 is 1.11 bits per heavy atom. The van der Waals surface area contributed by atoms with E-state index in [2.05, 4.69) is 0 Å². The number of methoxy groups -OCH3 is 1. The lowest BCUT2D eigenvalue weighted by molar-refractivity contribution is 0.408. The zero-order valence-corrected chi connectivity index (χ0v) is 11.5. The third-order valence-electron chi connectivity index (χ3n) is 2.72. The van der Waals surface area contributed by atoms with E-state index in [-0.39, 0.29) is 10.6 Å². The fourth-order valence-electron chi connectivity index (χ4n) is 1.79. The molecule has 1 nitrogen and oxygen atoms in total. The van der Waals surface area contributed by atoms with Gasteiger partial charge in [-0.1, -0.05) is 23.7 Å². The first-order valence-electron chi connectivity index (χ1n) is 5.46. The van der Waals surface area contributed by atoms with Crippen LogP contribution in [0.4, 0.5) is 8.78 Å². The Bertz CT molecular complexity index is 602. The molecular weight excluding hydrogens is 293 g/mol. The highest BCUT2D eigenvalue weighted by Crippen LogP contribution is 2.37. The summed E-state index contributed by atoms with van der Waals surface area (Å²) in [4.78, 5) is 0. The third kappa shape index (κ3) is 2.82. The highest BCUT2D eigenvalue weighted by molar-refractivity contribution is 6.31. The van der Waals surface area contributed by atoms with Crippen LogP contribution in [0, 0.1) is 11.6 Å². The quantitative estimate of drug-likeness (QED) is 0.729. The number of hydrogen-bond acceptors (Lipinski definition) is 1. The molecule has 100 valence electrons. The van der Waals surface area contributed by atoms with Gasteiger partial charge in [0, 0.05) is 11.1 Å². The SMILES string of the molecule is COc1ccc(F)cc1C(Cl)c1cccc(Cl)c1F. The number of ether oxygens (including phenoxy) is 1. The highest BCUT2D eigenvalue weighted by Gasteiger charge is 2.21. The lowest BCUT2D eigenvalue weighted by Crippen LogP contribution is -2.01. The van der Waals surface area contributed by atoms with Crippen LogP contribution in [-0.2, 0) is 0 Å². The lowest BCUT2D eigenvalue weighted by atomic mass is 10.0. The molecule has 0 fully saturated rings. The van der Waals surface area contributed by atoms with Crippen molar-refractivity contribution in [2.75, 3.05) is 7.11 Å². The van der Waals surface area contributed by atoms with E-state index in [0.717, 1.165) is 0 Å². The van der Waals surface area contributed by atoms with E-state index in [9.17, 15) is 8.78 Å². The van der Waals surface area contributed by atoms with Crippen LogP contribution in [0.15, 0.2) is 36.4 Å². The normalized spacial score (nSPS) is 12.3. The molecule has 0 bridgehead atoms. The Morgan fingerprint density at radius 2 is 1.84 bits per heavy atom. The van der Waals surface area contributed by atoms with Crippen LogP contribution in [0.2, 0.25) is 5.02 Å². The second-order valence-corrected chi connectivity index (χ2v) is 4.74. The van der Waals surface area contributed by atoms with E-state index in [4.69, 9.17) is 27.9 Å². The number of alkyl halides is 1. The molecule has 0 amide bonds. The van der Waals surface area contributed by atoms with Crippen LogP contribution in [-0.4, -0.2) is 7.11 Å². The molecule has 2 rings (SSSR count). The van der Waals surface area contributed by atoms with E-state index in [1.807, 2.05) is 0 Å². The largest absolute Gasteiger partial charge is 0.496 e. The van der Waals surface area contributed by atoms with Crippen molar-refractivity contribution in [3.63, 3.8) is 0 Å². The molecule has 0 aliphatic rings. The standard InChI is InChI=1S/C14H10Cl2F2O/c1-19-12-6-5-8(17)7-10(12)13(16)9-3-2-4-11(15)14(9)18/h2-7,13H,1H3. The molecule has 0 aliphatic carbocycles. The fourth-order valence-corrected chi connectivity index (χ4v) is 2.31. The maximum absolute atomic E-state index is 13.9. The van der Waals surface area contributed by atoms with Gasteiger partial charge in [-0.2, -0.15) is 0 Å². The summed E-state index contributed by atoms with van der Waals surface area (Å²) in [6.45, 7) is 0. The fraction of sp³-hybridized carbons (Fsp3) is 0.143. The lowest BCUT2D eigenvalue weighted by Gasteiger charge is -2.15. The van der Waals surface area contributed by atoms with Gasteiger partial charge < -0.3 is 4.74 Å². The molecule has 5 heteroatoms. The van der Waals surface area contributed by atoms with Gasteiger partial charge in [0.2, 0.25) is 0 Å². The van der Waals surface area contributed by atoms with Crippen LogP contribution in [0.1, 0.15) is 16.5 Å². The van der Waals surface area contributed by atoms with Crippen LogP contribution in [0.25, 0.3) is 0 Å². The molecule has 0 radical (unpaired) electrons. The van der Waals surface area contributed by atoms with E-state index >= 15 is 0 Å². The number of rotatable bonds is 3. The summed E-state index contributed by atoms with van der Waals surface area (Å²) >= 11 is 11.9. The molecule has 0 N–H and O–H groups in total. The van der Waals surface area contributed by atoms with E-state index in [1.165, 1.54) is 37.4 Å². The van der Waals surface area contributed by atoms with Crippen LogP contribution in [0.5, 0.6) is 5.75 Å². The smallest absolute Gasteiger partial charge is 0.146 e. The topological polar surface area (TPSA) is 9.23 Å². The first kappa shape index (κ1) is 14.1. The molecule has 0 aliphatic heterocycles. The Balaban J connectivity index is 2.52. The molecule has 0 spiro atoms. The maximum Gasteiger partial charge on any atom is 0.146 e. The van der Waals surface area contributed by atoms with Crippen molar-refractivity contribution in [1.29, 1.82) is 0 Å². The Labute approximate surface area is 119 Å². The average Bonchev–Trinajstić information content (AvgIpc) is 2.41. The first-order valence-corrected chi connectivity index (χ1v) is 6.27. The molecule has 2 aromatic carbocycles. The molecule has 19 heavy (non-hydrogen) atoms. The molecule has 0 saturated carbocycles. The van der Waals surface area contributed by atoms with Gasteiger partial charge in [-0.15, -0.1) is 11.6 Å². The van der Waals surface area contributed by atoms with Crippen molar-refractivity contribution in [2.45, 2.75) is 5.38 Å². The molecule has 1 unspecified atom stereocenters. The Kier molecular flexibility index (Phi) is 4.27. The second kappa shape index (κ2) is 5.76. The molecule has 0 saturated heterocycles. The van der Waals surface area contributed by atoms with Crippen molar-refractivity contribution in [1.82, 2.24) is 0 Å². The number of benzene rings is 2. The van der Waals surface area contributed by atoms with Crippen molar-refractivity contribution in [3.8, 4) is 5.75 Å². The minimum absolute atomic E-state index is 0.0291. The van der Waals surface area contributed by atoms with Gasteiger partial charge in [0.15, 0.2) is 0 Å². The van der Waals surface area contributed by atoms with Gasteiger partial charge in [-0.25, -0.2) is 8.78 Å². The van der Waals surface area contributed by atoms with Crippen molar-refractivity contribution < 1.29 is 13.5 Å². The van der Waals surface area contributed by atoms with Crippen molar-refractivity contribution >= 4 is 23.2 Å². The molecule has 2 aromatic rings. The van der Waals surface area contributed by atoms with Gasteiger partial charge in [0.1, 0.15) is 17.4 Å². The molecule has 1 atom stereocenters. The molecular formula is C14H10Cl2F2O. The summed E-state index contributed by atoms with van der Waals surface area (Å²) in [5.74, 6) is -0.694. The summed E-state index contributed by atoms with van der Waals surface area (Å²) < 4.78 is 32.3. The summed E-state index contributed by atoms with van der Waals surface area (Å²) in [7, 11) is 1.44. The number of halogens is 4. The minimum atomic E-state index is -0.885. The third-order valence-corrected chi connectivity index (χ3v) is 3.48. The van der Waals surface area contributed by atoms with Crippen molar-refractivity contribution in [2.24, 2.45) is 0 Å². The highest BCUT2D eigenvalue weighted by atomic mass is 35.5. The second-order valence-electron chi connectivity index (χ2n) is 3.89. The van der Waals surface area contributed by atoms with Crippen LogP contribution < -0.4 is 4.74 Å². The summed E-state index contributed by atoms with van der Waals surface area (Å²) in [6, 6.07) is 8.43. The van der Waals surface area contributed by atoms with Crippen LogP contribution in [0.3, 0.4) is 0 Å². The monoisotopic (exact) mass is 302 g/mol. The van der Waals surface area contributed by atoms with Gasteiger partial charge >= 0.3 is 0 Å². The molecule has 0 heterocycles. The van der Waals surface area contributed by atoms with E-state index < -0.39 is 17.0 Å². The minimum Gasteiger partial charge on any atom is -0.496 e. The summed E-state index contributed by atoms with van der Waals surface area (Å²) in [5, 5.41) is -0.914. The molecule has 0 aromatic heterocycles. The summed E-state index contributed by atoms with van der Waals surface area (Å²) in [6.07, 6.45) is 0.